The summed E-state index contributed by atoms with van der Waals surface area (Å²) in [7, 11) is 0. The number of carbonyl (C=O) groups excluding carboxylic acids is 2. The van der Waals surface area contributed by atoms with E-state index < -0.39 is 12.3 Å². The van der Waals surface area contributed by atoms with Crippen molar-refractivity contribution in [3.8, 4) is 22.6 Å². The number of nitrogens with two attached hydrogens (primary N) is 1. The highest BCUT2D eigenvalue weighted by atomic mass is 19.4. The molecule has 3 aromatic rings. The zero-order chi connectivity index (χ0) is 27.6. The Labute approximate surface area is 222 Å². The van der Waals surface area contributed by atoms with Crippen molar-refractivity contribution >= 4 is 11.8 Å². The molecule has 0 unspecified atom stereocenters. The highest BCUT2D eigenvalue weighted by Gasteiger charge is 2.31. The van der Waals surface area contributed by atoms with Gasteiger partial charge in [0.05, 0.1) is 37.4 Å². The number of likely N-dealkylation sites (tertiary alicyclic amines) is 1. The van der Waals surface area contributed by atoms with E-state index in [0.717, 1.165) is 11.1 Å². The van der Waals surface area contributed by atoms with Gasteiger partial charge in [0.25, 0.3) is 5.91 Å². The van der Waals surface area contributed by atoms with E-state index in [1.807, 2.05) is 16.9 Å². The van der Waals surface area contributed by atoms with Gasteiger partial charge in [0, 0.05) is 37.7 Å². The molecule has 3 heterocycles. The zero-order valence-corrected chi connectivity index (χ0v) is 20.9. The minimum absolute atomic E-state index is 0.0649. The number of hydrogen-bond acceptors (Lipinski definition) is 6. The van der Waals surface area contributed by atoms with Gasteiger partial charge >= 0.3 is 6.36 Å². The highest BCUT2D eigenvalue weighted by Crippen LogP contribution is 2.30. The van der Waals surface area contributed by atoms with Crippen molar-refractivity contribution in [2.24, 2.45) is 5.73 Å². The van der Waals surface area contributed by atoms with Crippen molar-refractivity contribution in [2.75, 3.05) is 26.3 Å². The molecular weight excluding hydrogens is 517 g/mol. The van der Waals surface area contributed by atoms with Crippen LogP contribution in [0.15, 0.2) is 54.9 Å². The van der Waals surface area contributed by atoms with E-state index in [1.54, 1.807) is 23.2 Å². The minimum Gasteiger partial charge on any atom is -0.489 e. The monoisotopic (exact) mass is 544 g/mol. The fourth-order valence-electron chi connectivity index (χ4n) is 4.57. The molecule has 2 aliphatic rings. The number of alkyl halides is 3. The Bertz CT molecular complexity index is 1330. The van der Waals surface area contributed by atoms with E-state index in [9.17, 15) is 22.8 Å². The quantitative estimate of drug-likeness (QED) is 0.463. The summed E-state index contributed by atoms with van der Waals surface area (Å²) in [6, 6.07) is 10.7. The van der Waals surface area contributed by atoms with Crippen LogP contribution in [0.1, 0.15) is 34.8 Å². The van der Waals surface area contributed by atoms with Gasteiger partial charge in [-0.1, -0.05) is 18.2 Å². The van der Waals surface area contributed by atoms with Crippen LogP contribution in [-0.2, 0) is 16.0 Å². The lowest BCUT2D eigenvalue weighted by molar-refractivity contribution is -0.274. The molecule has 0 atom stereocenters. The molecule has 0 radical (unpaired) electrons. The molecule has 39 heavy (non-hydrogen) atoms. The van der Waals surface area contributed by atoms with E-state index in [1.165, 1.54) is 24.3 Å². The molecule has 0 spiro atoms. The number of halogens is 3. The van der Waals surface area contributed by atoms with Gasteiger partial charge in [-0.25, -0.2) is 0 Å². The maximum absolute atomic E-state index is 12.7. The number of ether oxygens (including phenoxy) is 3. The first-order valence-electron chi connectivity index (χ1n) is 12.5. The number of nitrogens with zero attached hydrogens (tertiary/aromatic N) is 3. The summed E-state index contributed by atoms with van der Waals surface area (Å²) in [5.74, 6) is -0.684. The molecule has 2 aliphatic heterocycles. The van der Waals surface area contributed by atoms with Crippen LogP contribution < -0.4 is 15.2 Å². The summed E-state index contributed by atoms with van der Waals surface area (Å²) in [5.41, 5.74) is 8.15. The number of amides is 2. The number of carbonyl (C=O) groups is 2. The van der Waals surface area contributed by atoms with Crippen LogP contribution in [0.5, 0.6) is 11.5 Å². The van der Waals surface area contributed by atoms with Gasteiger partial charge in [0.15, 0.2) is 0 Å². The van der Waals surface area contributed by atoms with E-state index in [4.69, 9.17) is 15.2 Å². The first kappa shape index (κ1) is 26.5. The first-order chi connectivity index (χ1) is 18.6. The molecule has 0 aliphatic carbocycles. The van der Waals surface area contributed by atoms with Gasteiger partial charge in [-0.15, -0.1) is 13.2 Å². The van der Waals surface area contributed by atoms with Crippen molar-refractivity contribution in [1.82, 2.24) is 14.7 Å². The van der Waals surface area contributed by atoms with Crippen molar-refractivity contribution in [3.63, 3.8) is 0 Å². The van der Waals surface area contributed by atoms with Crippen LogP contribution in [0.3, 0.4) is 0 Å². The number of aromatic nitrogens is 2. The highest BCUT2D eigenvalue weighted by molar-refractivity contribution is 5.97. The third-order valence-electron chi connectivity index (χ3n) is 6.78. The predicted octanol–water partition coefficient (Wildman–Crippen LogP) is 3.73. The molecule has 2 amide bonds. The van der Waals surface area contributed by atoms with Crippen LogP contribution in [0, 0.1) is 0 Å². The third kappa shape index (κ3) is 6.51. The van der Waals surface area contributed by atoms with Crippen LogP contribution in [0.4, 0.5) is 13.2 Å². The zero-order valence-electron chi connectivity index (χ0n) is 20.9. The van der Waals surface area contributed by atoms with Crippen LogP contribution >= 0.6 is 0 Å². The number of hydrogen-bond donors (Lipinski definition) is 1. The number of piperidine rings is 1. The fraction of sp³-hybridized carbons (Fsp3) is 0.370. The summed E-state index contributed by atoms with van der Waals surface area (Å²) in [5, 5.41) is 4.38. The SMILES string of the molecule is NC(=O)c1cc(-c2cnn(C3COC3)c2)ccc1OC1CCN(C(=O)Cc2ccc(OC(F)(F)F)cc2)CC1. The second kappa shape index (κ2) is 11.0. The summed E-state index contributed by atoms with van der Waals surface area (Å²) >= 11 is 0. The van der Waals surface area contributed by atoms with Gasteiger partial charge in [0.2, 0.25) is 5.91 Å². The average molecular weight is 545 g/mol. The molecule has 5 rings (SSSR count). The summed E-state index contributed by atoms with van der Waals surface area (Å²) in [4.78, 5) is 26.6. The molecule has 1 aromatic heterocycles. The minimum atomic E-state index is -4.76. The average Bonchev–Trinajstić information content (AvgIpc) is 3.33. The van der Waals surface area contributed by atoms with Gasteiger partial charge in [0.1, 0.15) is 17.6 Å². The van der Waals surface area contributed by atoms with Gasteiger partial charge < -0.3 is 24.8 Å². The van der Waals surface area contributed by atoms with Crippen molar-refractivity contribution in [2.45, 2.75) is 37.8 Å². The Hall–Kier alpha value is -4.06. The van der Waals surface area contributed by atoms with Crippen LogP contribution in [0.25, 0.3) is 11.1 Å². The van der Waals surface area contributed by atoms with Gasteiger partial charge in [-0.3, -0.25) is 14.3 Å². The molecule has 0 saturated carbocycles. The number of rotatable bonds is 8. The van der Waals surface area contributed by atoms with E-state index in [2.05, 4.69) is 9.84 Å². The maximum atomic E-state index is 12.7. The Kier molecular flexibility index (Phi) is 7.47. The summed E-state index contributed by atoms with van der Waals surface area (Å²) in [6.07, 6.45) is -0.157. The van der Waals surface area contributed by atoms with E-state index in [0.29, 0.717) is 50.5 Å². The lowest BCUT2D eigenvalue weighted by atomic mass is 10.0. The number of benzene rings is 2. The second-order valence-corrected chi connectivity index (χ2v) is 9.54. The molecular formula is C27H27F3N4O5. The lowest BCUT2D eigenvalue weighted by Crippen LogP contribution is -2.42. The Morgan fingerprint density at radius 1 is 1.05 bits per heavy atom. The molecule has 206 valence electrons. The molecule has 12 heteroatoms. The van der Waals surface area contributed by atoms with Gasteiger partial charge in [-0.2, -0.15) is 5.10 Å². The molecule has 2 N–H and O–H groups in total. The summed E-state index contributed by atoms with van der Waals surface area (Å²) in [6.45, 7) is 2.15. The van der Waals surface area contributed by atoms with Crippen LogP contribution in [0.2, 0.25) is 0 Å². The Morgan fingerprint density at radius 2 is 1.77 bits per heavy atom. The lowest BCUT2D eigenvalue weighted by Gasteiger charge is -2.32. The second-order valence-electron chi connectivity index (χ2n) is 9.54. The molecule has 9 nitrogen and oxygen atoms in total. The normalized spacial score (nSPS) is 16.5. The maximum Gasteiger partial charge on any atom is 0.573 e. The van der Waals surface area contributed by atoms with E-state index in [-0.39, 0.29) is 35.8 Å². The molecule has 2 aromatic carbocycles. The topological polar surface area (TPSA) is 109 Å². The number of primary amides is 1. The third-order valence-corrected chi connectivity index (χ3v) is 6.78. The fourth-order valence-corrected chi connectivity index (χ4v) is 4.57. The van der Waals surface area contributed by atoms with E-state index >= 15 is 0 Å². The van der Waals surface area contributed by atoms with Crippen molar-refractivity contribution in [3.05, 3.63) is 66.0 Å². The largest absolute Gasteiger partial charge is 0.573 e. The van der Waals surface area contributed by atoms with Crippen molar-refractivity contribution in [1.29, 1.82) is 0 Å². The molecule has 2 saturated heterocycles. The molecule has 2 fully saturated rings. The Morgan fingerprint density at radius 3 is 2.38 bits per heavy atom. The van der Waals surface area contributed by atoms with Crippen LogP contribution in [-0.4, -0.2) is 65.3 Å². The molecule has 0 bridgehead atoms. The predicted molar refractivity (Wildman–Crippen MR) is 133 cm³/mol. The smallest absolute Gasteiger partial charge is 0.489 e. The summed E-state index contributed by atoms with van der Waals surface area (Å²) < 4.78 is 54.0. The van der Waals surface area contributed by atoms with Crippen molar-refractivity contribution < 1.29 is 37.0 Å². The first-order valence-corrected chi connectivity index (χ1v) is 12.5. The standard InChI is InChI=1S/C27H27F3N4O5/c28-27(29,30)39-22-4-1-17(2-5-22)11-25(35)33-9-7-21(8-10-33)38-24-6-3-18(12-23(24)26(31)36)19-13-32-34(14-19)20-15-37-16-20/h1-6,12-14,20-21H,7-11,15-16H2,(H2,31,36). The Balaban J connectivity index is 1.16. The van der Waals surface area contributed by atoms with Gasteiger partial charge in [-0.05, 0) is 35.4 Å².